The lowest BCUT2D eigenvalue weighted by Gasteiger charge is -2.10. The van der Waals surface area contributed by atoms with Gasteiger partial charge in [-0.15, -0.1) is 8.78 Å². The molecule has 0 amide bonds. The van der Waals surface area contributed by atoms with Crippen molar-refractivity contribution in [2.24, 2.45) is 0 Å². The summed E-state index contributed by atoms with van der Waals surface area (Å²) in [7, 11) is 0. The van der Waals surface area contributed by atoms with E-state index in [9.17, 15) is 8.78 Å². The van der Waals surface area contributed by atoms with Crippen molar-refractivity contribution in [2.45, 2.75) is 6.29 Å². The summed E-state index contributed by atoms with van der Waals surface area (Å²) in [4.78, 5) is 0. The van der Waals surface area contributed by atoms with Crippen molar-refractivity contribution in [3.63, 3.8) is 0 Å². The summed E-state index contributed by atoms with van der Waals surface area (Å²) in [6, 6.07) is 9.46. The van der Waals surface area contributed by atoms with Gasteiger partial charge in [-0.1, -0.05) is 17.7 Å². The second kappa shape index (κ2) is 4.42. The first kappa shape index (κ1) is 12.8. The van der Waals surface area contributed by atoms with Crippen LogP contribution in [-0.4, -0.2) is 6.29 Å². The van der Waals surface area contributed by atoms with Crippen LogP contribution in [0.4, 0.5) is 25.8 Å². The largest absolute Gasteiger partial charge is 0.586 e. The maximum Gasteiger partial charge on any atom is 0.586 e. The quantitative estimate of drug-likeness (QED) is 0.823. The van der Waals surface area contributed by atoms with Crippen LogP contribution in [0, 0.1) is 0 Å². The average Bonchev–Trinajstić information content (AvgIpc) is 2.68. The van der Waals surface area contributed by atoms with Gasteiger partial charge in [-0.2, -0.15) is 0 Å². The van der Waals surface area contributed by atoms with Crippen LogP contribution in [0.15, 0.2) is 36.4 Å². The molecule has 0 aliphatic carbocycles. The molecule has 0 atom stereocenters. The molecule has 0 fully saturated rings. The third-order valence-corrected chi connectivity index (χ3v) is 3.06. The number of hydrogen-bond donors (Lipinski definition) is 2. The van der Waals surface area contributed by atoms with Crippen LogP contribution in [0.3, 0.4) is 0 Å². The van der Waals surface area contributed by atoms with Crippen LogP contribution in [0.2, 0.25) is 5.02 Å². The Bertz CT molecular complexity index is 679. The molecular formula is C13H9ClF2N2O2. The highest BCUT2D eigenvalue weighted by atomic mass is 35.5. The molecule has 104 valence electrons. The Morgan fingerprint density at radius 3 is 2.65 bits per heavy atom. The molecule has 1 aliphatic rings. The molecule has 2 aromatic carbocycles. The van der Waals surface area contributed by atoms with E-state index in [2.05, 4.69) is 14.8 Å². The molecule has 7 heteroatoms. The summed E-state index contributed by atoms with van der Waals surface area (Å²) < 4.78 is 34.5. The van der Waals surface area contributed by atoms with Crippen LogP contribution in [0.5, 0.6) is 11.5 Å². The number of nitrogen functional groups attached to an aromatic ring is 1. The van der Waals surface area contributed by atoms with E-state index in [0.29, 0.717) is 22.1 Å². The average molecular weight is 299 g/mol. The van der Waals surface area contributed by atoms with Gasteiger partial charge in [0.1, 0.15) is 0 Å². The van der Waals surface area contributed by atoms with Gasteiger partial charge in [0.15, 0.2) is 11.5 Å². The summed E-state index contributed by atoms with van der Waals surface area (Å²) in [5, 5.41) is 3.39. The van der Waals surface area contributed by atoms with E-state index < -0.39 is 6.29 Å². The molecule has 1 aliphatic heterocycles. The smallest absolute Gasteiger partial charge is 0.396 e. The molecule has 3 rings (SSSR count). The highest BCUT2D eigenvalue weighted by Gasteiger charge is 2.43. The number of benzene rings is 2. The molecule has 3 N–H and O–H groups in total. The molecule has 0 saturated carbocycles. The minimum atomic E-state index is -3.63. The van der Waals surface area contributed by atoms with Crippen molar-refractivity contribution in [3.8, 4) is 11.5 Å². The van der Waals surface area contributed by atoms with E-state index in [1.807, 2.05) is 0 Å². The molecule has 0 saturated heterocycles. The molecule has 20 heavy (non-hydrogen) atoms. The Morgan fingerprint density at radius 2 is 1.85 bits per heavy atom. The molecule has 4 nitrogen and oxygen atoms in total. The normalized spacial score (nSPS) is 15.2. The minimum absolute atomic E-state index is 0.0142. The number of para-hydroxylation sites is 1. The standard InChI is InChI=1S/C13H9ClF2N2O2/c14-8-2-1-3-9(12(8)17)18-7-4-5-10-11(6-7)20-13(15,16)19-10/h1-6,18H,17H2. The fourth-order valence-electron chi connectivity index (χ4n) is 1.83. The van der Waals surface area contributed by atoms with Gasteiger partial charge in [0, 0.05) is 11.8 Å². The summed E-state index contributed by atoms with van der Waals surface area (Å²) in [5.41, 5.74) is 7.29. The first-order valence-electron chi connectivity index (χ1n) is 5.65. The molecule has 0 spiro atoms. The zero-order valence-corrected chi connectivity index (χ0v) is 10.7. The van der Waals surface area contributed by atoms with Crippen LogP contribution >= 0.6 is 11.6 Å². The van der Waals surface area contributed by atoms with E-state index >= 15 is 0 Å². The SMILES string of the molecule is Nc1c(Cl)cccc1Nc1ccc2c(c1)OC(F)(F)O2. The number of rotatable bonds is 2. The first-order chi connectivity index (χ1) is 9.44. The van der Waals surface area contributed by atoms with Crippen LogP contribution in [0.25, 0.3) is 0 Å². The minimum Gasteiger partial charge on any atom is -0.396 e. The van der Waals surface area contributed by atoms with E-state index in [-0.39, 0.29) is 11.5 Å². The molecule has 0 bridgehead atoms. The lowest BCUT2D eigenvalue weighted by molar-refractivity contribution is -0.286. The fraction of sp³-hybridized carbons (Fsp3) is 0.0769. The summed E-state index contributed by atoms with van der Waals surface area (Å²) in [6.45, 7) is 0. The van der Waals surface area contributed by atoms with Gasteiger partial charge >= 0.3 is 6.29 Å². The zero-order valence-electron chi connectivity index (χ0n) is 9.99. The number of halogens is 3. The van der Waals surface area contributed by atoms with Gasteiger partial charge in [0.25, 0.3) is 0 Å². The highest BCUT2D eigenvalue weighted by molar-refractivity contribution is 6.33. The molecule has 2 aromatic rings. The second-order valence-corrected chi connectivity index (χ2v) is 4.56. The first-order valence-corrected chi connectivity index (χ1v) is 6.03. The van der Waals surface area contributed by atoms with Gasteiger partial charge in [0.2, 0.25) is 0 Å². The lowest BCUT2D eigenvalue weighted by atomic mass is 10.2. The lowest BCUT2D eigenvalue weighted by Crippen LogP contribution is -2.25. The van der Waals surface area contributed by atoms with E-state index in [1.165, 1.54) is 12.1 Å². The van der Waals surface area contributed by atoms with Crippen molar-refractivity contribution >= 4 is 28.7 Å². The Hall–Kier alpha value is -2.21. The number of nitrogens with one attached hydrogen (secondary N) is 1. The van der Waals surface area contributed by atoms with E-state index in [4.69, 9.17) is 17.3 Å². The summed E-state index contributed by atoms with van der Waals surface area (Å²) >= 11 is 5.90. The summed E-state index contributed by atoms with van der Waals surface area (Å²) in [6.07, 6.45) is -3.63. The van der Waals surface area contributed by atoms with Crippen molar-refractivity contribution in [1.29, 1.82) is 0 Å². The Labute approximate surface area is 118 Å². The molecule has 0 radical (unpaired) electrons. The van der Waals surface area contributed by atoms with Crippen molar-refractivity contribution in [1.82, 2.24) is 0 Å². The van der Waals surface area contributed by atoms with Crippen molar-refractivity contribution in [2.75, 3.05) is 11.1 Å². The summed E-state index contributed by atoms with van der Waals surface area (Å²) in [5.74, 6) is -0.0554. The molecule has 0 aromatic heterocycles. The van der Waals surface area contributed by atoms with Gasteiger partial charge < -0.3 is 20.5 Å². The van der Waals surface area contributed by atoms with Crippen LogP contribution in [0.1, 0.15) is 0 Å². The van der Waals surface area contributed by atoms with Crippen molar-refractivity contribution in [3.05, 3.63) is 41.4 Å². The number of fused-ring (bicyclic) bond motifs is 1. The number of ether oxygens (including phenoxy) is 2. The van der Waals surface area contributed by atoms with Gasteiger partial charge in [-0.05, 0) is 24.3 Å². The van der Waals surface area contributed by atoms with Gasteiger partial charge in [0.05, 0.1) is 16.4 Å². The second-order valence-electron chi connectivity index (χ2n) is 4.16. The van der Waals surface area contributed by atoms with Crippen LogP contribution in [-0.2, 0) is 0 Å². The maximum absolute atomic E-state index is 12.9. The number of nitrogens with two attached hydrogens (primary N) is 1. The van der Waals surface area contributed by atoms with Crippen molar-refractivity contribution < 1.29 is 18.3 Å². The van der Waals surface area contributed by atoms with E-state index in [1.54, 1.807) is 24.3 Å². The van der Waals surface area contributed by atoms with Gasteiger partial charge in [-0.25, -0.2) is 0 Å². The predicted octanol–water partition coefficient (Wildman–Crippen LogP) is 3.99. The third-order valence-electron chi connectivity index (χ3n) is 2.73. The fourth-order valence-corrected chi connectivity index (χ4v) is 2.00. The molecular weight excluding hydrogens is 290 g/mol. The van der Waals surface area contributed by atoms with E-state index in [0.717, 1.165) is 0 Å². The number of anilines is 3. The zero-order chi connectivity index (χ0) is 14.3. The number of alkyl halides is 2. The Balaban J connectivity index is 1.89. The monoisotopic (exact) mass is 298 g/mol. The predicted molar refractivity (Wildman–Crippen MR) is 71.8 cm³/mol. The Kier molecular flexibility index (Phi) is 2.83. The maximum atomic E-state index is 12.9. The topological polar surface area (TPSA) is 56.5 Å². The third kappa shape index (κ3) is 2.30. The van der Waals surface area contributed by atoms with Gasteiger partial charge in [-0.3, -0.25) is 0 Å². The molecule has 0 unspecified atom stereocenters. The van der Waals surface area contributed by atoms with Crippen LogP contribution < -0.4 is 20.5 Å². The number of hydrogen-bond acceptors (Lipinski definition) is 4. The highest BCUT2D eigenvalue weighted by Crippen LogP contribution is 2.43. The Morgan fingerprint density at radius 1 is 1.10 bits per heavy atom. The molecule has 1 heterocycles.